The summed E-state index contributed by atoms with van der Waals surface area (Å²) in [5.74, 6) is 1.73. The van der Waals surface area contributed by atoms with Crippen molar-refractivity contribution in [3.8, 4) is 5.75 Å². The van der Waals surface area contributed by atoms with Crippen molar-refractivity contribution in [1.29, 1.82) is 0 Å². The van der Waals surface area contributed by atoms with E-state index < -0.39 is 0 Å². The first-order valence-corrected chi connectivity index (χ1v) is 9.80. The van der Waals surface area contributed by atoms with Crippen LogP contribution in [0.5, 0.6) is 5.75 Å². The van der Waals surface area contributed by atoms with Crippen molar-refractivity contribution in [3.63, 3.8) is 0 Å². The van der Waals surface area contributed by atoms with Gasteiger partial charge in [0.1, 0.15) is 5.75 Å². The normalized spacial score (nSPS) is 18.9. The van der Waals surface area contributed by atoms with Crippen LogP contribution in [0.1, 0.15) is 30.9 Å². The number of halogens is 1. The molecule has 0 spiro atoms. The molecule has 1 atom stereocenters. The average Bonchev–Trinajstić information content (AvgIpc) is 3.04. The number of para-hydroxylation sites is 2. The van der Waals surface area contributed by atoms with E-state index in [-0.39, 0.29) is 11.8 Å². The van der Waals surface area contributed by atoms with Crippen LogP contribution < -0.4 is 10.1 Å². The van der Waals surface area contributed by atoms with E-state index in [0.717, 1.165) is 56.9 Å². The molecule has 0 saturated heterocycles. The maximum atomic E-state index is 13.0. The Bertz CT molecular complexity index is 1120. The van der Waals surface area contributed by atoms with Crippen LogP contribution in [0.4, 0.5) is 5.95 Å². The third-order valence-corrected chi connectivity index (χ3v) is 5.83. The number of hydrogen-bond acceptors (Lipinski definition) is 4. The van der Waals surface area contributed by atoms with Crippen LogP contribution in [0, 0.1) is 0 Å². The summed E-state index contributed by atoms with van der Waals surface area (Å²) in [6.45, 7) is 0. The Morgan fingerprint density at radius 2 is 2.07 bits per heavy atom. The van der Waals surface area contributed by atoms with E-state index >= 15 is 0 Å². The zero-order chi connectivity index (χ0) is 18.5. The second-order valence-electron chi connectivity index (χ2n) is 6.88. The lowest BCUT2D eigenvalue weighted by molar-refractivity contribution is -0.116. The molecule has 0 saturated carbocycles. The van der Waals surface area contributed by atoms with Crippen molar-refractivity contribution >= 4 is 38.7 Å². The molecule has 1 aliphatic heterocycles. The van der Waals surface area contributed by atoms with Crippen molar-refractivity contribution in [3.05, 3.63) is 63.8 Å². The lowest BCUT2D eigenvalue weighted by Crippen LogP contribution is -2.31. The lowest BCUT2D eigenvalue weighted by atomic mass is 9.85. The van der Waals surface area contributed by atoms with Crippen LogP contribution in [0.3, 0.4) is 0 Å². The van der Waals surface area contributed by atoms with E-state index in [0.29, 0.717) is 6.42 Å². The number of benzene rings is 2. The first-order chi connectivity index (χ1) is 13.2. The van der Waals surface area contributed by atoms with Gasteiger partial charge >= 0.3 is 0 Å². The monoisotopic (exact) mass is 423 g/mol. The van der Waals surface area contributed by atoms with E-state index in [4.69, 9.17) is 9.72 Å². The predicted octanol–water partition coefficient (Wildman–Crippen LogP) is 4.83. The van der Waals surface area contributed by atoms with E-state index in [1.165, 1.54) is 0 Å². The van der Waals surface area contributed by atoms with Gasteiger partial charge in [-0.05, 0) is 43.2 Å². The second kappa shape index (κ2) is 6.23. The molecular formula is C21H18BrN3O2. The van der Waals surface area contributed by atoms with Crippen molar-refractivity contribution in [2.75, 3.05) is 12.4 Å². The fourth-order valence-electron chi connectivity index (χ4n) is 4.18. The first-order valence-electron chi connectivity index (χ1n) is 9.01. The maximum absolute atomic E-state index is 13.0. The van der Waals surface area contributed by atoms with Crippen LogP contribution >= 0.6 is 15.9 Å². The van der Waals surface area contributed by atoms with Gasteiger partial charge in [0.15, 0.2) is 5.78 Å². The number of carbonyl (C=O) groups is 1. The van der Waals surface area contributed by atoms with Crippen LogP contribution in [0.25, 0.3) is 11.0 Å². The molecule has 1 N–H and O–H groups in total. The SMILES string of the molecule is COc1ccc(Br)cc1[C@H]1C2=C(CCCC2=O)Nc2nc3ccccc3n21. The van der Waals surface area contributed by atoms with Gasteiger partial charge in [-0.25, -0.2) is 4.98 Å². The first kappa shape index (κ1) is 16.6. The highest BCUT2D eigenvalue weighted by molar-refractivity contribution is 9.10. The average molecular weight is 424 g/mol. The van der Waals surface area contributed by atoms with Crippen LogP contribution in [0.2, 0.25) is 0 Å². The molecule has 5 rings (SSSR count). The lowest BCUT2D eigenvalue weighted by Gasteiger charge is -2.34. The van der Waals surface area contributed by atoms with E-state index in [1.807, 2.05) is 42.5 Å². The molecule has 2 heterocycles. The molecule has 0 radical (unpaired) electrons. The molecule has 27 heavy (non-hydrogen) atoms. The molecule has 5 nitrogen and oxygen atoms in total. The van der Waals surface area contributed by atoms with Crippen LogP contribution in [-0.2, 0) is 4.79 Å². The largest absolute Gasteiger partial charge is 0.496 e. The summed E-state index contributed by atoms with van der Waals surface area (Å²) >= 11 is 3.58. The van der Waals surface area contributed by atoms with Gasteiger partial charge in [-0.2, -0.15) is 0 Å². The number of nitrogens with zero attached hydrogens (tertiary/aromatic N) is 2. The van der Waals surface area contributed by atoms with Crippen molar-refractivity contribution in [2.24, 2.45) is 0 Å². The number of ketones is 1. The summed E-state index contributed by atoms with van der Waals surface area (Å²) in [4.78, 5) is 17.8. The Morgan fingerprint density at radius 1 is 1.22 bits per heavy atom. The van der Waals surface area contributed by atoms with Gasteiger partial charge in [0, 0.05) is 27.7 Å². The number of rotatable bonds is 2. The molecule has 136 valence electrons. The third kappa shape index (κ3) is 2.51. The fraction of sp³-hybridized carbons (Fsp3) is 0.238. The number of anilines is 1. The van der Waals surface area contributed by atoms with Gasteiger partial charge in [0.2, 0.25) is 5.95 Å². The Labute approximate surface area is 165 Å². The van der Waals surface area contributed by atoms with Crippen molar-refractivity contribution in [1.82, 2.24) is 9.55 Å². The molecular weight excluding hydrogens is 406 g/mol. The summed E-state index contributed by atoms with van der Waals surface area (Å²) in [6.07, 6.45) is 2.31. The van der Waals surface area contributed by atoms with Crippen LogP contribution in [0.15, 0.2) is 58.2 Å². The molecule has 0 amide bonds. The van der Waals surface area contributed by atoms with Crippen LogP contribution in [-0.4, -0.2) is 22.4 Å². The molecule has 6 heteroatoms. The number of hydrogen-bond donors (Lipinski definition) is 1. The van der Waals surface area contributed by atoms with Gasteiger partial charge in [0.25, 0.3) is 0 Å². The summed E-state index contributed by atoms with van der Waals surface area (Å²) in [5.41, 5.74) is 4.68. The van der Waals surface area contributed by atoms with Gasteiger partial charge in [-0.15, -0.1) is 0 Å². The summed E-state index contributed by atoms with van der Waals surface area (Å²) in [7, 11) is 1.67. The summed E-state index contributed by atoms with van der Waals surface area (Å²) < 4.78 is 8.74. The van der Waals surface area contributed by atoms with Crippen molar-refractivity contribution in [2.45, 2.75) is 25.3 Å². The summed E-state index contributed by atoms with van der Waals surface area (Å²) in [6, 6.07) is 13.7. The minimum absolute atomic E-state index is 0.194. The number of fused-ring (bicyclic) bond motifs is 3. The van der Waals surface area contributed by atoms with Crippen molar-refractivity contribution < 1.29 is 9.53 Å². The van der Waals surface area contributed by atoms with E-state index in [2.05, 4.69) is 25.8 Å². The predicted molar refractivity (Wildman–Crippen MR) is 108 cm³/mol. The number of allylic oxidation sites excluding steroid dienone is 2. The molecule has 0 bridgehead atoms. The Hall–Kier alpha value is -2.60. The number of methoxy groups -OCH3 is 1. The minimum atomic E-state index is -0.260. The highest BCUT2D eigenvalue weighted by Gasteiger charge is 2.37. The zero-order valence-corrected chi connectivity index (χ0v) is 16.4. The van der Waals surface area contributed by atoms with Gasteiger partial charge in [0.05, 0.1) is 24.2 Å². The number of nitrogens with one attached hydrogen (secondary N) is 1. The molecule has 2 aliphatic rings. The Balaban J connectivity index is 1.85. The number of ether oxygens (including phenoxy) is 1. The number of carbonyl (C=O) groups excluding carboxylic acids is 1. The van der Waals surface area contributed by atoms with Gasteiger partial charge in [-0.3, -0.25) is 9.36 Å². The van der Waals surface area contributed by atoms with E-state index in [9.17, 15) is 4.79 Å². The second-order valence-corrected chi connectivity index (χ2v) is 7.79. The topological polar surface area (TPSA) is 56.1 Å². The highest BCUT2D eigenvalue weighted by atomic mass is 79.9. The smallest absolute Gasteiger partial charge is 0.209 e. The molecule has 1 aromatic heterocycles. The van der Waals surface area contributed by atoms with Gasteiger partial charge in [-0.1, -0.05) is 28.1 Å². The highest BCUT2D eigenvalue weighted by Crippen LogP contribution is 2.45. The zero-order valence-electron chi connectivity index (χ0n) is 14.8. The van der Waals surface area contributed by atoms with E-state index in [1.54, 1.807) is 7.11 Å². The number of imidazole rings is 1. The molecule has 0 fully saturated rings. The maximum Gasteiger partial charge on any atom is 0.209 e. The molecule has 0 unspecified atom stereocenters. The number of aromatic nitrogens is 2. The minimum Gasteiger partial charge on any atom is -0.496 e. The summed E-state index contributed by atoms with van der Waals surface area (Å²) in [5, 5.41) is 3.43. The quantitative estimate of drug-likeness (QED) is 0.641. The molecule has 1 aliphatic carbocycles. The van der Waals surface area contributed by atoms with Gasteiger partial charge < -0.3 is 10.1 Å². The Kier molecular flexibility index (Phi) is 3.82. The molecule has 3 aromatic rings. The Morgan fingerprint density at radius 3 is 2.93 bits per heavy atom. The number of Topliss-reactive ketones (excluding diaryl/α,β-unsaturated/α-hetero) is 1. The fourth-order valence-corrected chi connectivity index (χ4v) is 4.56. The molecule has 2 aromatic carbocycles. The third-order valence-electron chi connectivity index (χ3n) is 5.33. The standard InChI is InChI=1S/C21H18BrN3O2/c1-27-18-10-9-12(22)11-13(18)20-19-15(6-4-8-17(19)26)24-21-23-14-5-2-3-7-16(14)25(20)21/h2-3,5,7,9-11,20H,4,6,8H2,1H3,(H,23,24)/t20-/m0/s1.